The average molecular weight is 340 g/mol. The number of hydrogen-bond donors (Lipinski definition) is 1. The van der Waals surface area contributed by atoms with E-state index in [1.807, 2.05) is 32.0 Å². The van der Waals surface area contributed by atoms with Gasteiger partial charge in [-0.25, -0.2) is 9.38 Å². The molecule has 2 aromatic carbocycles. The zero-order chi connectivity index (χ0) is 17.3. The van der Waals surface area contributed by atoms with E-state index in [1.54, 1.807) is 25.1 Å². The number of benzene rings is 2. The number of aliphatic imine (C=N–C) groups is 1. The monoisotopic (exact) mass is 340 g/mol. The summed E-state index contributed by atoms with van der Waals surface area (Å²) in [6.45, 7) is 5.69. The first-order valence-corrected chi connectivity index (χ1v) is 8.37. The van der Waals surface area contributed by atoms with Gasteiger partial charge in [0.15, 0.2) is 5.17 Å². The quantitative estimate of drug-likeness (QED) is 0.809. The number of para-hydroxylation sites is 1. The Morgan fingerprint density at radius 2 is 1.79 bits per heavy atom. The van der Waals surface area contributed by atoms with Crippen LogP contribution in [0.1, 0.15) is 22.3 Å². The molecular formula is C19H17FN2OS. The van der Waals surface area contributed by atoms with Crippen molar-refractivity contribution in [1.29, 1.82) is 0 Å². The lowest BCUT2D eigenvalue weighted by molar-refractivity contribution is -0.115. The highest BCUT2D eigenvalue weighted by molar-refractivity contribution is 8.18. The second-order valence-corrected chi connectivity index (χ2v) is 6.76. The van der Waals surface area contributed by atoms with E-state index in [4.69, 9.17) is 0 Å². The number of hydrogen-bond acceptors (Lipinski definition) is 3. The molecule has 1 N–H and O–H groups in total. The molecule has 2 aromatic rings. The zero-order valence-electron chi connectivity index (χ0n) is 13.7. The smallest absolute Gasteiger partial charge is 0.264 e. The van der Waals surface area contributed by atoms with Crippen LogP contribution in [0, 0.1) is 26.6 Å². The van der Waals surface area contributed by atoms with Crippen molar-refractivity contribution < 1.29 is 9.18 Å². The van der Waals surface area contributed by atoms with Gasteiger partial charge in [-0.2, -0.15) is 0 Å². The molecule has 5 heteroatoms. The molecule has 1 heterocycles. The van der Waals surface area contributed by atoms with Crippen LogP contribution in [-0.4, -0.2) is 11.1 Å². The summed E-state index contributed by atoms with van der Waals surface area (Å²) >= 11 is 1.29. The molecule has 122 valence electrons. The van der Waals surface area contributed by atoms with Crippen LogP contribution >= 0.6 is 11.8 Å². The van der Waals surface area contributed by atoms with Crippen LogP contribution < -0.4 is 5.32 Å². The van der Waals surface area contributed by atoms with Gasteiger partial charge in [-0.1, -0.05) is 24.3 Å². The molecule has 0 aromatic heterocycles. The van der Waals surface area contributed by atoms with Crippen molar-refractivity contribution in [2.24, 2.45) is 4.99 Å². The summed E-state index contributed by atoms with van der Waals surface area (Å²) in [6, 6.07) is 10.8. The molecule has 0 spiro atoms. The zero-order valence-corrected chi connectivity index (χ0v) is 14.5. The number of aryl methyl sites for hydroxylation is 3. The molecule has 3 nitrogen and oxygen atoms in total. The van der Waals surface area contributed by atoms with E-state index < -0.39 is 0 Å². The molecule has 24 heavy (non-hydrogen) atoms. The van der Waals surface area contributed by atoms with Crippen LogP contribution in [0.15, 0.2) is 46.3 Å². The summed E-state index contributed by atoms with van der Waals surface area (Å²) in [7, 11) is 0. The number of nitrogens with zero attached hydrogens (tertiary/aromatic N) is 1. The second kappa shape index (κ2) is 6.61. The van der Waals surface area contributed by atoms with Crippen LogP contribution in [0.2, 0.25) is 0 Å². The van der Waals surface area contributed by atoms with Gasteiger partial charge in [-0.15, -0.1) is 0 Å². The van der Waals surface area contributed by atoms with Crippen LogP contribution in [0.5, 0.6) is 0 Å². The fourth-order valence-electron chi connectivity index (χ4n) is 2.47. The molecule has 0 unspecified atom stereocenters. The van der Waals surface area contributed by atoms with E-state index in [-0.39, 0.29) is 11.7 Å². The lowest BCUT2D eigenvalue weighted by Crippen LogP contribution is -2.19. The van der Waals surface area contributed by atoms with Gasteiger partial charge in [0.25, 0.3) is 5.91 Å². The maximum absolute atomic E-state index is 13.3. The molecule has 1 fully saturated rings. The Morgan fingerprint density at radius 3 is 2.46 bits per heavy atom. The molecular weight excluding hydrogens is 323 g/mol. The Balaban J connectivity index is 1.89. The van der Waals surface area contributed by atoms with Gasteiger partial charge in [0.1, 0.15) is 5.82 Å². The van der Waals surface area contributed by atoms with Gasteiger partial charge in [0, 0.05) is 0 Å². The molecule has 0 aliphatic carbocycles. The van der Waals surface area contributed by atoms with Gasteiger partial charge < -0.3 is 5.32 Å². The van der Waals surface area contributed by atoms with Gasteiger partial charge in [0.2, 0.25) is 0 Å². The summed E-state index contributed by atoms with van der Waals surface area (Å²) in [5, 5.41) is 3.34. The van der Waals surface area contributed by atoms with Crippen molar-refractivity contribution in [2.45, 2.75) is 20.8 Å². The van der Waals surface area contributed by atoms with E-state index in [0.717, 1.165) is 22.4 Å². The number of halogens is 1. The van der Waals surface area contributed by atoms with Crippen molar-refractivity contribution in [3.8, 4) is 0 Å². The Hall–Kier alpha value is -2.40. The highest BCUT2D eigenvalue weighted by Gasteiger charge is 2.24. The van der Waals surface area contributed by atoms with Crippen LogP contribution in [0.4, 0.5) is 10.1 Å². The minimum Gasteiger partial charge on any atom is -0.300 e. The standard InChI is InChI=1S/C19H17FN2OS/c1-11-5-4-6-12(2)17(11)21-19-22-18(23)16(24-19)10-14-7-8-15(20)13(3)9-14/h4-10H,1-3H3,(H,21,22,23). The number of carbonyl (C=O) groups is 1. The first kappa shape index (κ1) is 16.5. The summed E-state index contributed by atoms with van der Waals surface area (Å²) < 4.78 is 13.3. The van der Waals surface area contributed by atoms with Crippen molar-refractivity contribution in [3.05, 3.63) is 69.4 Å². The van der Waals surface area contributed by atoms with Crippen molar-refractivity contribution >= 4 is 34.6 Å². The number of thioether (sulfide) groups is 1. The predicted molar refractivity (Wildman–Crippen MR) is 97.9 cm³/mol. The van der Waals surface area contributed by atoms with Crippen molar-refractivity contribution in [2.75, 3.05) is 0 Å². The number of amides is 1. The SMILES string of the molecule is Cc1cc(C=C2SC(=Nc3c(C)cccc3C)NC2=O)ccc1F. The average Bonchev–Trinajstić information content (AvgIpc) is 2.87. The van der Waals surface area contributed by atoms with Crippen LogP contribution in [-0.2, 0) is 4.79 Å². The normalized spacial score (nSPS) is 17.6. The molecule has 3 rings (SSSR count). The Labute approximate surface area is 144 Å². The van der Waals surface area contributed by atoms with Gasteiger partial charge in [-0.05, 0) is 73.0 Å². The maximum atomic E-state index is 13.3. The molecule has 1 amide bonds. The van der Waals surface area contributed by atoms with E-state index in [0.29, 0.717) is 15.6 Å². The number of carbonyl (C=O) groups excluding carboxylic acids is 1. The summed E-state index contributed by atoms with van der Waals surface area (Å²) in [5.74, 6) is -0.440. The molecule has 1 aliphatic heterocycles. The molecule has 0 saturated carbocycles. The van der Waals surface area contributed by atoms with Gasteiger partial charge in [0.05, 0.1) is 10.6 Å². The summed E-state index contributed by atoms with van der Waals surface area (Å²) in [4.78, 5) is 17.3. The van der Waals surface area contributed by atoms with Gasteiger partial charge in [-0.3, -0.25) is 4.79 Å². The first-order valence-electron chi connectivity index (χ1n) is 7.56. The molecule has 0 atom stereocenters. The molecule has 1 saturated heterocycles. The Bertz CT molecular complexity index is 867. The van der Waals surface area contributed by atoms with Crippen LogP contribution in [0.3, 0.4) is 0 Å². The van der Waals surface area contributed by atoms with Crippen molar-refractivity contribution in [3.63, 3.8) is 0 Å². The van der Waals surface area contributed by atoms with E-state index in [9.17, 15) is 9.18 Å². The van der Waals surface area contributed by atoms with Gasteiger partial charge >= 0.3 is 0 Å². The summed E-state index contributed by atoms with van der Waals surface area (Å²) in [5.41, 5.74) is 4.34. The third-order valence-electron chi connectivity index (χ3n) is 3.78. The highest BCUT2D eigenvalue weighted by atomic mass is 32.2. The maximum Gasteiger partial charge on any atom is 0.264 e. The third kappa shape index (κ3) is 3.41. The first-order chi connectivity index (χ1) is 11.4. The largest absolute Gasteiger partial charge is 0.300 e. The number of rotatable bonds is 2. The minimum atomic E-state index is -0.252. The lowest BCUT2D eigenvalue weighted by atomic mass is 10.1. The predicted octanol–water partition coefficient (Wildman–Crippen LogP) is 4.64. The second-order valence-electron chi connectivity index (χ2n) is 5.73. The third-order valence-corrected chi connectivity index (χ3v) is 4.69. The molecule has 0 bridgehead atoms. The fourth-order valence-corrected chi connectivity index (χ4v) is 3.30. The molecule has 1 aliphatic rings. The van der Waals surface area contributed by atoms with E-state index >= 15 is 0 Å². The Morgan fingerprint density at radius 1 is 1.08 bits per heavy atom. The fraction of sp³-hybridized carbons (Fsp3) is 0.158. The number of amidine groups is 1. The van der Waals surface area contributed by atoms with E-state index in [2.05, 4.69) is 10.3 Å². The Kier molecular flexibility index (Phi) is 4.53. The minimum absolute atomic E-state index is 0.188. The highest BCUT2D eigenvalue weighted by Crippen LogP contribution is 2.30. The van der Waals surface area contributed by atoms with Crippen molar-refractivity contribution in [1.82, 2.24) is 5.32 Å². The topological polar surface area (TPSA) is 41.5 Å². The van der Waals surface area contributed by atoms with Crippen LogP contribution in [0.25, 0.3) is 6.08 Å². The lowest BCUT2D eigenvalue weighted by Gasteiger charge is -2.04. The van der Waals surface area contributed by atoms with E-state index in [1.165, 1.54) is 17.8 Å². The summed E-state index contributed by atoms with van der Waals surface area (Å²) in [6.07, 6.45) is 1.75. The molecule has 0 radical (unpaired) electrons. The number of nitrogens with one attached hydrogen (secondary N) is 1.